The average Bonchev–Trinajstić information content (AvgIpc) is 2.69. The fourth-order valence-electron chi connectivity index (χ4n) is 1.61. The number of non-ortho nitro benzene ring substituents is 2. The van der Waals surface area contributed by atoms with Crippen LogP contribution < -0.4 is 63.0 Å². The van der Waals surface area contributed by atoms with Crippen LogP contribution in [-0.4, -0.2) is 32.8 Å². The monoisotopic (exact) mass is 704 g/mol. The molecule has 0 saturated heterocycles. The first-order valence-corrected chi connectivity index (χ1v) is 9.63. The Morgan fingerprint density at radius 1 is 0.812 bits per heavy atom. The molecule has 0 aliphatic heterocycles. The number of alkyl halides is 2. The van der Waals surface area contributed by atoms with Gasteiger partial charge in [0.05, 0.1) is 9.85 Å². The van der Waals surface area contributed by atoms with Gasteiger partial charge in [0, 0.05) is 24.3 Å². The minimum absolute atomic E-state index is 0. The number of hydrogen-bond acceptors (Lipinski definition) is 10. The van der Waals surface area contributed by atoms with E-state index in [1.54, 1.807) is 0 Å². The first-order valence-electron chi connectivity index (χ1n) is 7.57. The van der Waals surface area contributed by atoms with Gasteiger partial charge in [-0.2, -0.15) is 0 Å². The van der Waals surface area contributed by atoms with Gasteiger partial charge >= 0.3 is 41.9 Å². The largest absolute Gasteiger partial charge is 1.00 e. The number of benzene rings is 2. The van der Waals surface area contributed by atoms with Gasteiger partial charge in [-0.1, -0.05) is 11.6 Å². The van der Waals surface area contributed by atoms with Crippen LogP contribution in [0.3, 0.4) is 0 Å². The van der Waals surface area contributed by atoms with Crippen molar-refractivity contribution in [1.29, 1.82) is 0 Å². The Kier molecular flexibility index (Phi) is 18.4. The molecular weight excluding hydrogens is 692 g/mol. The quantitative estimate of drug-likeness (QED) is 0.0682. The molecule has 0 N–H and O–H groups in total. The zero-order chi connectivity index (χ0) is 22.5. The number of halogens is 3. The second-order valence-electron chi connectivity index (χ2n) is 4.71. The van der Waals surface area contributed by atoms with Crippen LogP contribution in [0.1, 0.15) is 0 Å². The van der Waals surface area contributed by atoms with Crippen molar-refractivity contribution in [3.63, 3.8) is 0 Å². The molecule has 0 amide bonds. The first kappa shape index (κ1) is 32.7. The van der Waals surface area contributed by atoms with Crippen LogP contribution in [0.5, 0.6) is 11.5 Å². The summed E-state index contributed by atoms with van der Waals surface area (Å²) in [5.41, 5.74) is -0.155. The third-order valence-corrected chi connectivity index (χ3v) is 3.26. The Balaban J connectivity index is 0. The minimum atomic E-state index is -0.959. The summed E-state index contributed by atoms with van der Waals surface area (Å²) in [4.78, 5) is 41.1. The molecule has 2 aromatic carbocycles. The van der Waals surface area contributed by atoms with E-state index in [1.807, 2.05) is 22.6 Å². The summed E-state index contributed by atoms with van der Waals surface area (Å²) in [5, 5.41) is 20.6. The summed E-state index contributed by atoms with van der Waals surface area (Å²) in [6.45, 7) is 0. The van der Waals surface area contributed by atoms with Gasteiger partial charge in [-0.15, -0.1) is 0 Å². The molecule has 0 bridgehead atoms. The van der Waals surface area contributed by atoms with Crippen LogP contribution in [-0.2, 0) is 9.47 Å². The van der Waals surface area contributed by atoms with E-state index in [-0.39, 0.29) is 87.1 Å². The fraction of sp³-hybridized carbons (Fsp3) is 0.125. The average molecular weight is 705 g/mol. The molecule has 0 saturated carbocycles. The minimum Gasteiger partial charge on any atom is -1.00 e. The number of carbonyl (C=O) groups is 2. The zero-order valence-corrected chi connectivity index (χ0v) is 23.2. The summed E-state index contributed by atoms with van der Waals surface area (Å²) in [7, 11) is 0. The van der Waals surface area contributed by atoms with Crippen LogP contribution in [0.4, 0.5) is 21.0 Å². The van der Waals surface area contributed by atoms with Crippen LogP contribution in [0.15, 0.2) is 48.5 Å². The summed E-state index contributed by atoms with van der Waals surface area (Å²) >= 11 is 6.96. The van der Waals surface area contributed by atoms with E-state index < -0.39 is 22.2 Å². The van der Waals surface area contributed by atoms with Gasteiger partial charge in [0.15, 0.2) is 6.07 Å². The molecule has 0 heterocycles. The van der Waals surface area contributed by atoms with Crippen LogP contribution in [0.25, 0.3) is 0 Å². The van der Waals surface area contributed by atoms with E-state index in [9.17, 15) is 29.8 Å². The van der Waals surface area contributed by atoms with Crippen molar-refractivity contribution in [2.45, 2.75) is 0 Å². The number of hydrogen-bond donors (Lipinski definition) is 0. The molecule has 0 fully saturated rings. The molecule has 0 unspecified atom stereocenters. The Morgan fingerprint density at radius 2 is 1.16 bits per heavy atom. The number of nitro groups is 2. The van der Waals surface area contributed by atoms with Crippen LogP contribution in [0, 0.1) is 20.2 Å². The number of nitrogens with zero attached hydrogens (tertiary/aromatic N) is 2. The maximum Gasteiger partial charge on any atom is 1.00 e. The topological polar surface area (TPSA) is 157 Å². The Hall–Kier alpha value is -1.47. The van der Waals surface area contributed by atoms with E-state index in [2.05, 4.69) is 14.2 Å². The van der Waals surface area contributed by atoms with E-state index >= 15 is 0 Å². The van der Waals surface area contributed by atoms with Crippen molar-refractivity contribution in [3.8, 4) is 11.5 Å². The molecule has 168 valence electrons. The van der Waals surface area contributed by atoms with Gasteiger partial charge in [0.25, 0.3) is 11.4 Å². The van der Waals surface area contributed by atoms with Gasteiger partial charge < -0.3 is 42.9 Å². The maximum absolute atomic E-state index is 10.8. The molecule has 0 spiro atoms. The van der Waals surface area contributed by atoms with Crippen LogP contribution >= 0.6 is 34.2 Å². The Labute approximate surface area is 238 Å². The second kappa shape index (κ2) is 18.0. The van der Waals surface area contributed by atoms with Crippen molar-refractivity contribution >= 4 is 57.9 Å². The number of ether oxygens (including phenoxy) is 4. The Morgan fingerprint density at radius 3 is 1.44 bits per heavy atom. The molecule has 2 rings (SSSR count). The maximum atomic E-state index is 10.8. The number of nitro benzene ring substituents is 2. The van der Waals surface area contributed by atoms with Gasteiger partial charge in [-0.3, -0.25) is 20.2 Å². The van der Waals surface area contributed by atoms with Gasteiger partial charge in [-0.05, 0) is 46.9 Å². The number of rotatable bonds is 6. The molecule has 16 heteroatoms. The molecule has 0 radical (unpaired) electrons. The molecule has 0 aliphatic rings. The smallest absolute Gasteiger partial charge is 1.00 e. The van der Waals surface area contributed by atoms with Gasteiger partial charge in [0.1, 0.15) is 16.1 Å². The SMILES string of the molecule is O=C(OCCl)Oc1ccc([N+](=O)[O-])cc1.O=C(OCI)Oc1ccc([N+](=O)[O-])cc1.[I-].[Na+]. The first-order chi connectivity index (χ1) is 14.3. The second-order valence-corrected chi connectivity index (χ2v) is 5.55. The molecular formula is C16H12ClI2N2NaO10. The van der Waals surface area contributed by atoms with Gasteiger partial charge in [0.2, 0.25) is 0 Å². The zero-order valence-electron chi connectivity index (χ0n) is 16.1. The van der Waals surface area contributed by atoms with Crippen molar-refractivity contribution in [3.05, 3.63) is 68.8 Å². The molecule has 12 nitrogen and oxygen atoms in total. The normalized spacial score (nSPS) is 8.81. The summed E-state index contributed by atoms with van der Waals surface area (Å²) in [5.74, 6) is 0.353. The molecule has 0 atom stereocenters. The standard InChI is InChI=1S/C8H6ClNO5.C8H6INO5.HI.Na/c2*9-5-14-8(11)15-7-3-1-6(2-4-7)10(12)13;;/h2*1-4H,5H2;1H;/q;;;+1/p-1. The molecule has 0 aromatic heterocycles. The van der Waals surface area contributed by atoms with E-state index in [0.717, 1.165) is 0 Å². The molecule has 32 heavy (non-hydrogen) atoms. The van der Waals surface area contributed by atoms with Crippen molar-refractivity contribution in [1.82, 2.24) is 0 Å². The van der Waals surface area contributed by atoms with Crippen molar-refractivity contribution in [2.75, 3.05) is 10.7 Å². The number of carbonyl (C=O) groups excluding carboxylic acids is 2. The van der Waals surface area contributed by atoms with Gasteiger partial charge in [-0.25, -0.2) is 9.59 Å². The van der Waals surface area contributed by atoms with Crippen molar-refractivity contribution < 1.29 is 91.9 Å². The summed E-state index contributed by atoms with van der Waals surface area (Å²) < 4.78 is 18.3. The predicted octanol–water partition coefficient (Wildman–Crippen LogP) is -1.18. The van der Waals surface area contributed by atoms with Crippen LogP contribution in [0.2, 0.25) is 0 Å². The summed E-state index contributed by atoms with van der Waals surface area (Å²) in [6, 6.07) is 9.82. The third-order valence-electron chi connectivity index (χ3n) is 2.84. The molecule has 2 aromatic rings. The van der Waals surface area contributed by atoms with E-state index in [1.165, 1.54) is 48.5 Å². The third kappa shape index (κ3) is 13.2. The van der Waals surface area contributed by atoms with Crippen molar-refractivity contribution in [2.24, 2.45) is 0 Å². The Bertz CT molecular complexity index is 814. The fourth-order valence-corrected chi connectivity index (χ4v) is 1.96. The summed E-state index contributed by atoms with van der Waals surface area (Å²) in [6.07, 6.45) is -1.79. The van der Waals surface area contributed by atoms with E-state index in [4.69, 9.17) is 16.3 Å². The molecule has 0 aliphatic carbocycles. The van der Waals surface area contributed by atoms with E-state index in [0.29, 0.717) is 0 Å². The predicted molar refractivity (Wildman–Crippen MR) is 110 cm³/mol.